The summed E-state index contributed by atoms with van der Waals surface area (Å²) in [5.74, 6) is 0.524. The zero-order valence-electron chi connectivity index (χ0n) is 19.9. The predicted molar refractivity (Wildman–Crippen MR) is 132 cm³/mol. The minimum atomic E-state index is -0.404. The van der Waals surface area contributed by atoms with Gasteiger partial charge in [-0.15, -0.1) is 0 Å². The van der Waals surface area contributed by atoms with Crippen LogP contribution in [0.4, 0.5) is 0 Å². The molecule has 0 radical (unpaired) electrons. The van der Waals surface area contributed by atoms with E-state index < -0.39 is 5.91 Å². The second-order valence-electron chi connectivity index (χ2n) is 8.82. The summed E-state index contributed by atoms with van der Waals surface area (Å²) in [4.78, 5) is 42.3. The van der Waals surface area contributed by atoms with Gasteiger partial charge in [-0.2, -0.15) is 5.10 Å². The molecule has 37 heavy (non-hydrogen) atoms. The van der Waals surface area contributed by atoms with E-state index in [9.17, 15) is 9.59 Å². The lowest BCUT2D eigenvalue weighted by Gasteiger charge is -2.14. The van der Waals surface area contributed by atoms with Crippen LogP contribution in [0.25, 0.3) is 22.5 Å². The lowest BCUT2D eigenvalue weighted by Crippen LogP contribution is -2.29. The van der Waals surface area contributed by atoms with E-state index in [1.807, 2.05) is 30.3 Å². The molecule has 6 rings (SSSR count). The van der Waals surface area contributed by atoms with Crippen molar-refractivity contribution in [2.24, 2.45) is 0 Å². The number of carbonyl (C=O) groups is 2. The lowest BCUT2D eigenvalue weighted by molar-refractivity contribution is 0.0931. The summed E-state index contributed by atoms with van der Waals surface area (Å²) in [5, 5.41) is 12.6. The molecule has 3 aromatic heterocycles. The SMILES string of the molecule is Cc1nc2cc(CNC(=O)c3cc(C(=O)N[C@H]4CCc5cc(-c6ncn[nH]6)ccc54)ncn3)ccc2o1. The topological polar surface area (TPSA) is 152 Å². The van der Waals surface area contributed by atoms with Crippen LogP contribution >= 0.6 is 0 Å². The zero-order chi connectivity index (χ0) is 25.4. The number of oxazole rings is 1. The van der Waals surface area contributed by atoms with Crippen LogP contribution in [0, 0.1) is 6.92 Å². The van der Waals surface area contributed by atoms with Gasteiger partial charge < -0.3 is 15.1 Å². The molecule has 2 aromatic carbocycles. The van der Waals surface area contributed by atoms with E-state index in [2.05, 4.69) is 46.8 Å². The first-order valence-electron chi connectivity index (χ1n) is 11.8. The molecule has 0 aliphatic heterocycles. The summed E-state index contributed by atoms with van der Waals surface area (Å²) < 4.78 is 5.48. The number of aromatic amines is 1. The molecule has 0 bridgehead atoms. The molecule has 0 fully saturated rings. The smallest absolute Gasteiger partial charge is 0.270 e. The highest BCUT2D eigenvalue weighted by Crippen LogP contribution is 2.33. The highest BCUT2D eigenvalue weighted by atomic mass is 16.3. The molecule has 0 spiro atoms. The molecular weight excluding hydrogens is 472 g/mol. The largest absolute Gasteiger partial charge is 0.441 e. The third kappa shape index (κ3) is 4.54. The quantitative estimate of drug-likeness (QED) is 0.326. The summed E-state index contributed by atoms with van der Waals surface area (Å²) in [5.41, 5.74) is 5.70. The number of aryl methyl sites for hydroxylation is 2. The maximum absolute atomic E-state index is 13.0. The third-order valence-electron chi connectivity index (χ3n) is 6.36. The Morgan fingerprint density at radius 2 is 1.89 bits per heavy atom. The van der Waals surface area contributed by atoms with Gasteiger partial charge in [0.05, 0.1) is 6.04 Å². The van der Waals surface area contributed by atoms with Gasteiger partial charge in [0.1, 0.15) is 29.6 Å². The van der Waals surface area contributed by atoms with E-state index >= 15 is 0 Å². The number of nitrogens with zero attached hydrogens (tertiary/aromatic N) is 5. The molecule has 5 aromatic rings. The number of carbonyl (C=O) groups excluding carboxylic acids is 2. The van der Waals surface area contributed by atoms with Gasteiger partial charge in [-0.25, -0.2) is 19.9 Å². The van der Waals surface area contributed by atoms with Gasteiger partial charge in [0, 0.05) is 25.1 Å². The number of benzene rings is 2. The lowest BCUT2D eigenvalue weighted by atomic mass is 10.0. The first kappa shape index (κ1) is 22.5. The Morgan fingerprint density at radius 3 is 2.73 bits per heavy atom. The van der Waals surface area contributed by atoms with Crippen LogP contribution in [0.1, 0.15) is 56.0 Å². The molecule has 184 valence electrons. The number of H-pyrrole nitrogens is 1. The van der Waals surface area contributed by atoms with E-state index in [4.69, 9.17) is 4.42 Å². The zero-order valence-corrected chi connectivity index (χ0v) is 19.9. The number of fused-ring (bicyclic) bond motifs is 2. The Bertz CT molecular complexity index is 1630. The Kier molecular flexibility index (Phi) is 5.64. The number of hydrogen-bond donors (Lipinski definition) is 3. The Labute approximate surface area is 210 Å². The van der Waals surface area contributed by atoms with Crippen molar-refractivity contribution in [3.63, 3.8) is 0 Å². The number of aromatic nitrogens is 6. The molecule has 3 N–H and O–H groups in total. The van der Waals surface area contributed by atoms with Gasteiger partial charge in [-0.3, -0.25) is 14.7 Å². The first-order chi connectivity index (χ1) is 18.0. The maximum atomic E-state index is 13.0. The van der Waals surface area contributed by atoms with Crippen molar-refractivity contribution in [1.29, 1.82) is 0 Å². The summed E-state index contributed by atoms with van der Waals surface area (Å²) in [6.45, 7) is 2.06. The number of hydrogen-bond acceptors (Lipinski definition) is 8. The number of rotatable bonds is 6. The number of amides is 2. The minimum Gasteiger partial charge on any atom is -0.441 e. The first-order valence-corrected chi connectivity index (χ1v) is 11.8. The van der Waals surface area contributed by atoms with Crippen molar-refractivity contribution in [3.05, 3.63) is 89.1 Å². The van der Waals surface area contributed by atoms with Crippen LogP contribution in [0.15, 0.2) is 59.5 Å². The highest BCUT2D eigenvalue weighted by Gasteiger charge is 2.26. The Morgan fingerprint density at radius 1 is 1.03 bits per heavy atom. The van der Waals surface area contributed by atoms with Crippen molar-refractivity contribution < 1.29 is 14.0 Å². The maximum Gasteiger partial charge on any atom is 0.270 e. The molecule has 0 unspecified atom stereocenters. The van der Waals surface area contributed by atoms with E-state index in [-0.39, 0.29) is 29.9 Å². The van der Waals surface area contributed by atoms with Crippen LogP contribution in [0.3, 0.4) is 0 Å². The fourth-order valence-corrected chi connectivity index (χ4v) is 4.57. The number of nitrogens with one attached hydrogen (secondary N) is 3. The van der Waals surface area contributed by atoms with Crippen LogP contribution in [-0.2, 0) is 13.0 Å². The molecule has 1 aliphatic rings. The van der Waals surface area contributed by atoms with E-state index in [1.165, 1.54) is 18.7 Å². The highest BCUT2D eigenvalue weighted by molar-refractivity contribution is 5.97. The molecule has 11 heteroatoms. The van der Waals surface area contributed by atoms with E-state index in [0.29, 0.717) is 17.3 Å². The van der Waals surface area contributed by atoms with Crippen molar-refractivity contribution >= 4 is 22.9 Å². The molecular formula is C26H22N8O3. The molecule has 1 aliphatic carbocycles. The van der Waals surface area contributed by atoms with Gasteiger partial charge in [0.15, 0.2) is 17.3 Å². The Balaban J connectivity index is 1.11. The summed E-state index contributed by atoms with van der Waals surface area (Å²) in [6.07, 6.45) is 4.30. The van der Waals surface area contributed by atoms with Gasteiger partial charge in [0.25, 0.3) is 11.8 Å². The third-order valence-corrected chi connectivity index (χ3v) is 6.36. The second-order valence-corrected chi connectivity index (χ2v) is 8.82. The van der Waals surface area contributed by atoms with E-state index in [1.54, 1.807) is 6.92 Å². The molecule has 2 amide bonds. The standard InChI is InChI=1S/C26H22N8O3/c1-14-32-20-8-15(2-7-23(20)37-14)11-27-25(35)21-10-22(29-12-28-21)26(36)33-19-6-4-16-9-17(3-5-18(16)19)24-30-13-31-34-24/h2-3,5,7-10,12-13,19H,4,6,11H2,1H3,(H,27,35)(H,33,36)(H,30,31,34)/t19-/m0/s1. The molecule has 1 atom stereocenters. The van der Waals surface area contributed by atoms with Gasteiger partial charge in [-0.1, -0.05) is 18.2 Å². The van der Waals surface area contributed by atoms with Crippen molar-refractivity contribution in [1.82, 2.24) is 40.8 Å². The summed E-state index contributed by atoms with van der Waals surface area (Å²) >= 11 is 0. The van der Waals surface area contributed by atoms with Crippen LogP contribution in [-0.4, -0.2) is 41.9 Å². The van der Waals surface area contributed by atoms with Crippen molar-refractivity contribution in [3.8, 4) is 11.4 Å². The van der Waals surface area contributed by atoms with Crippen molar-refractivity contribution in [2.75, 3.05) is 0 Å². The average molecular weight is 495 g/mol. The van der Waals surface area contributed by atoms with Crippen LogP contribution in [0.5, 0.6) is 0 Å². The molecule has 11 nitrogen and oxygen atoms in total. The molecule has 3 heterocycles. The summed E-state index contributed by atoms with van der Waals surface area (Å²) in [7, 11) is 0. The van der Waals surface area contributed by atoms with Crippen molar-refractivity contribution in [2.45, 2.75) is 32.4 Å². The van der Waals surface area contributed by atoms with E-state index in [0.717, 1.165) is 40.6 Å². The predicted octanol–water partition coefficient (Wildman–Crippen LogP) is 3.06. The van der Waals surface area contributed by atoms with Gasteiger partial charge in [0.2, 0.25) is 0 Å². The monoisotopic (exact) mass is 494 g/mol. The van der Waals surface area contributed by atoms with Gasteiger partial charge in [-0.05, 0) is 47.7 Å². The summed E-state index contributed by atoms with van der Waals surface area (Å²) in [6, 6.07) is 12.8. The Hall–Kier alpha value is -4.93. The normalized spacial score (nSPS) is 14.5. The van der Waals surface area contributed by atoms with Crippen LogP contribution in [0.2, 0.25) is 0 Å². The average Bonchev–Trinajstić information content (AvgIpc) is 3.66. The van der Waals surface area contributed by atoms with Gasteiger partial charge >= 0.3 is 0 Å². The molecule has 0 saturated carbocycles. The fraction of sp³-hybridized carbons (Fsp3) is 0.192. The fourth-order valence-electron chi connectivity index (χ4n) is 4.57. The van der Waals surface area contributed by atoms with Crippen LogP contribution < -0.4 is 10.6 Å². The second kappa shape index (κ2) is 9.26. The minimum absolute atomic E-state index is 0.113. The molecule has 0 saturated heterocycles.